The van der Waals surface area contributed by atoms with Crippen molar-refractivity contribution in [1.29, 1.82) is 0 Å². The van der Waals surface area contributed by atoms with Gasteiger partial charge in [0.15, 0.2) is 0 Å². The fourth-order valence-corrected chi connectivity index (χ4v) is 2.34. The highest BCUT2D eigenvalue weighted by Gasteiger charge is 2.43. The maximum Gasteiger partial charge on any atom is 0.237 e. The van der Waals surface area contributed by atoms with Crippen LogP contribution in [-0.2, 0) is 10.2 Å². The number of amides is 1. The second kappa shape index (κ2) is 4.15. The summed E-state index contributed by atoms with van der Waals surface area (Å²) in [6.07, 6.45) is 0.231. The van der Waals surface area contributed by atoms with Crippen LogP contribution in [0.1, 0.15) is 32.8 Å². The van der Waals surface area contributed by atoms with Crippen molar-refractivity contribution in [3.05, 3.63) is 29.8 Å². The Morgan fingerprint density at radius 2 is 2.00 bits per heavy atom. The normalized spacial score (nSPS) is 19.3. The van der Waals surface area contributed by atoms with Crippen LogP contribution in [-0.4, -0.2) is 23.7 Å². The molecule has 1 aromatic rings. The number of aliphatic hydroxyl groups is 1. The second-order valence-electron chi connectivity index (χ2n) is 5.24. The first kappa shape index (κ1) is 12.1. The van der Waals surface area contributed by atoms with Crippen LogP contribution in [0.2, 0.25) is 0 Å². The number of anilines is 1. The number of benzene rings is 1. The van der Waals surface area contributed by atoms with Crippen molar-refractivity contribution in [2.75, 3.05) is 11.4 Å². The summed E-state index contributed by atoms with van der Waals surface area (Å²) in [5.41, 5.74) is 1.62. The first-order valence-electron chi connectivity index (χ1n) is 6.04. The molecule has 2 rings (SSSR count). The number of hydrogen-bond donors (Lipinski definition) is 1. The standard InChI is InChI=1S/C14H19NO2/c1-10(16)8-9-15-12-7-5-4-6-11(12)14(2,3)13(15)17/h4-7,10,16H,8-9H2,1-3H3. The SMILES string of the molecule is CC(O)CCN1C(=O)C(C)(C)c2ccccc21. The Labute approximate surface area is 102 Å². The summed E-state index contributed by atoms with van der Waals surface area (Å²) < 4.78 is 0. The highest BCUT2D eigenvalue weighted by molar-refractivity contribution is 6.07. The topological polar surface area (TPSA) is 40.5 Å². The number of fused-ring (bicyclic) bond motifs is 1. The summed E-state index contributed by atoms with van der Waals surface area (Å²) in [5.74, 6) is 0.124. The third-order valence-corrected chi connectivity index (χ3v) is 3.42. The van der Waals surface area contributed by atoms with Crippen molar-refractivity contribution in [3.63, 3.8) is 0 Å². The Morgan fingerprint density at radius 1 is 1.35 bits per heavy atom. The molecule has 1 aromatic carbocycles. The number of nitrogens with zero attached hydrogens (tertiary/aromatic N) is 1. The van der Waals surface area contributed by atoms with Crippen molar-refractivity contribution in [2.24, 2.45) is 0 Å². The molecule has 1 unspecified atom stereocenters. The summed E-state index contributed by atoms with van der Waals surface area (Å²) in [5, 5.41) is 9.34. The van der Waals surface area contributed by atoms with E-state index in [0.29, 0.717) is 13.0 Å². The van der Waals surface area contributed by atoms with Crippen LogP contribution in [0, 0.1) is 0 Å². The number of para-hydroxylation sites is 1. The number of carbonyl (C=O) groups excluding carboxylic acids is 1. The molecule has 17 heavy (non-hydrogen) atoms. The molecule has 92 valence electrons. The van der Waals surface area contributed by atoms with Crippen LogP contribution < -0.4 is 4.90 Å². The lowest BCUT2D eigenvalue weighted by Gasteiger charge is -2.21. The average molecular weight is 233 g/mol. The van der Waals surface area contributed by atoms with Gasteiger partial charge >= 0.3 is 0 Å². The summed E-state index contributed by atoms with van der Waals surface area (Å²) in [6.45, 7) is 6.24. The van der Waals surface area contributed by atoms with Crippen LogP contribution in [0.4, 0.5) is 5.69 Å². The van der Waals surface area contributed by atoms with Crippen LogP contribution in [0.15, 0.2) is 24.3 Å². The molecule has 0 saturated heterocycles. The van der Waals surface area contributed by atoms with Crippen LogP contribution in [0.5, 0.6) is 0 Å². The zero-order valence-electron chi connectivity index (χ0n) is 10.6. The van der Waals surface area contributed by atoms with E-state index in [4.69, 9.17) is 0 Å². The maximum atomic E-state index is 12.3. The molecule has 1 aliphatic heterocycles. The Hall–Kier alpha value is -1.35. The minimum Gasteiger partial charge on any atom is -0.393 e. The zero-order chi connectivity index (χ0) is 12.6. The molecule has 1 amide bonds. The fraction of sp³-hybridized carbons (Fsp3) is 0.500. The number of carbonyl (C=O) groups is 1. The molecule has 0 saturated carbocycles. The minimum absolute atomic E-state index is 0.124. The van der Waals surface area contributed by atoms with E-state index in [0.717, 1.165) is 11.3 Å². The predicted molar refractivity (Wildman–Crippen MR) is 68.1 cm³/mol. The van der Waals surface area contributed by atoms with E-state index in [1.807, 2.05) is 38.1 Å². The Bertz CT molecular complexity index is 438. The van der Waals surface area contributed by atoms with Gasteiger partial charge in [0.25, 0.3) is 0 Å². The van der Waals surface area contributed by atoms with Crippen molar-refractivity contribution in [1.82, 2.24) is 0 Å². The van der Waals surface area contributed by atoms with Gasteiger partial charge in [0.1, 0.15) is 0 Å². The van der Waals surface area contributed by atoms with Crippen LogP contribution >= 0.6 is 0 Å². The van der Waals surface area contributed by atoms with Crippen molar-refractivity contribution >= 4 is 11.6 Å². The molecule has 1 heterocycles. The van der Waals surface area contributed by atoms with Gasteiger partial charge in [-0.05, 0) is 38.8 Å². The van der Waals surface area contributed by atoms with E-state index in [2.05, 4.69) is 0 Å². The maximum absolute atomic E-state index is 12.3. The third-order valence-electron chi connectivity index (χ3n) is 3.42. The van der Waals surface area contributed by atoms with Gasteiger partial charge in [-0.1, -0.05) is 18.2 Å². The van der Waals surface area contributed by atoms with E-state index in [9.17, 15) is 9.90 Å². The van der Waals surface area contributed by atoms with E-state index in [-0.39, 0.29) is 12.0 Å². The van der Waals surface area contributed by atoms with Gasteiger partial charge in [-0.15, -0.1) is 0 Å². The van der Waals surface area contributed by atoms with Gasteiger partial charge in [0, 0.05) is 12.2 Å². The van der Waals surface area contributed by atoms with E-state index in [1.54, 1.807) is 11.8 Å². The minimum atomic E-state index is -0.449. The molecular formula is C14H19NO2. The van der Waals surface area contributed by atoms with Crippen molar-refractivity contribution in [2.45, 2.75) is 38.7 Å². The lowest BCUT2D eigenvalue weighted by molar-refractivity contribution is -0.122. The molecule has 1 N–H and O–H groups in total. The molecule has 0 fully saturated rings. The lowest BCUT2D eigenvalue weighted by Crippen LogP contribution is -2.37. The molecule has 0 spiro atoms. The molecule has 3 nitrogen and oxygen atoms in total. The van der Waals surface area contributed by atoms with Crippen LogP contribution in [0.25, 0.3) is 0 Å². The van der Waals surface area contributed by atoms with Crippen molar-refractivity contribution in [3.8, 4) is 0 Å². The average Bonchev–Trinajstić information content (AvgIpc) is 2.47. The molecule has 0 bridgehead atoms. The summed E-state index contributed by atoms with van der Waals surface area (Å²) >= 11 is 0. The number of aliphatic hydroxyl groups excluding tert-OH is 1. The van der Waals surface area contributed by atoms with Gasteiger partial charge in [0.05, 0.1) is 11.5 Å². The highest BCUT2D eigenvalue weighted by atomic mass is 16.3. The first-order valence-corrected chi connectivity index (χ1v) is 6.04. The number of hydrogen-bond acceptors (Lipinski definition) is 2. The molecule has 1 aliphatic rings. The number of rotatable bonds is 3. The quantitative estimate of drug-likeness (QED) is 0.868. The third kappa shape index (κ3) is 1.95. The molecule has 0 aromatic heterocycles. The molecule has 0 radical (unpaired) electrons. The van der Waals surface area contributed by atoms with Crippen LogP contribution in [0.3, 0.4) is 0 Å². The van der Waals surface area contributed by atoms with Gasteiger partial charge in [0.2, 0.25) is 5.91 Å². The largest absolute Gasteiger partial charge is 0.393 e. The Balaban J connectivity index is 2.33. The zero-order valence-corrected chi connectivity index (χ0v) is 10.6. The van der Waals surface area contributed by atoms with Gasteiger partial charge in [-0.2, -0.15) is 0 Å². The van der Waals surface area contributed by atoms with Gasteiger partial charge in [-0.25, -0.2) is 0 Å². The fourth-order valence-electron chi connectivity index (χ4n) is 2.34. The smallest absolute Gasteiger partial charge is 0.237 e. The lowest BCUT2D eigenvalue weighted by atomic mass is 9.86. The summed E-state index contributed by atoms with van der Waals surface area (Å²) in [7, 11) is 0. The Kier molecular flexibility index (Phi) is 2.96. The molecule has 0 aliphatic carbocycles. The molecule has 1 atom stereocenters. The van der Waals surface area contributed by atoms with E-state index >= 15 is 0 Å². The highest BCUT2D eigenvalue weighted by Crippen LogP contribution is 2.41. The summed E-state index contributed by atoms with van der Waals surface area (Å²) in [4.78, 5) is 14.1. The molecule has 3 heteroatoms. The first-order chi connectivity index (χ1) is 7.94. The summed E-state index contributed by atoms with van der Waals surface area (Å²) in [6, 6.07) is 7.90. The van der Waals surface area contributed by atoms with E-state index in [1.165, 1.54) is 0 Å². The van der Waals surface area contributed by atoms with Gasteiger partial charge < -0.3 is 10.0 Å². The van der Waals surface area contributed by atoms with E-state index < -0.39 is 5.41 Å². The second-order valence-corrected chi connectivity index (χ2v) is 5.24. The van der Waals surface area contributed by atoms with Crippen molar-refractivity contribution < 1.29 is 9.90 Å². The molecular weight excluding hydrogens is 214 g/mol. The monoisotopic (exact) mass is 233 g/mol. The predicted octanol–water partition coefficient (Wildman–Crippen LogP) is 2.08. The van der Waals surface area contributed by atoms with Gasteiger partial charge in [-0.3, -0.25) is 4.79 Å². The Morgan fingerprint density at radius 3 is 2.65 bits per heavy atom.